The van der Waals surface area contributed by atoms with Crippen LogP contribution in [0.25, 0.3) is 11.4 Å². The molecule has 5 heteroatoms. The molecule has 4 nitrogen and oxygen atoms in total. The maximum absolute atomic E-state index is 9.97. The van der Waals surface area contributed by atoms with Gasteiger partial charge < -0.3 is 14.4 Å². The first-order valence-electron chi connectivity index (χ1n) is 7.87. The fraction of sp³-hybridized carbons (Fsp3) is 0.444. The molecule has 1 aromatic heterocycles. The molecule has 122 valence electrons. The summed E-state index contributed by atoms with van der Waals surface area (Å²) in [6, 6.07) is 9.99. The van der Waals surface area contributed by atoms with Crippen LogP contribution in [0, 0.1) is 4.64 Å². The van der Waals surface area contributed by atoms with Gasteiger partial charge in [-0.15, -0.1) is 0 Å². The van der Waals surface area contributed by atoms with E-state index >= 15 is 0 Å². The molecular weight excluding hydrogens is 308 g/mol. The second-order valence-corrected chi connectivity index (χ2v) is 7.10. The van der Waals surface area contributed by atoms with Crippen molar-refractivity contribution in [3.05, 3.63) is 46.2 Å². The summed E-state index contributed by atoms with van der Waals surface area (Å²) in [5, 5.41) is 9.97. The molecule has 1 N–H and O–H groups in total. The Balaban J connectivity index is 2.24. The normalized spacial score (nSPS) is 17.6. The van der Waals surface area contributed by atoms with E-state index in [1.165, 1.54) is 0 Å². The van der Waals surface area contributed by atoms with Gasteiger partial charge in [0.25, 0.3) is 0 Å². The molecule has 23 heavy (non-hydrogen) atoms. The lowest BCUT2D eigenvalue weighted by Crippen LogP contribution is -2.36. The summed E-state index contributed by atoms with van der Waals surface area (Å²) >= 11 is 5.51. The third kappa shape index (κ3) is 3.37. The number of aromatic nitrogens is 2. The summed E-state index contributed by atoms with van der Waals surface area (Å²) in [5.74, 6) is 0.813. The minimum absolute atomic E-state index is 0.246. The van der Waals surface area contributed by atoms with Gasteiger partial charge in [0.15, 0.2) is 0 Å². The van der Waals surface area contributed by atoms with Gasteiger partial charge in [0.1, 0.15) is 10.5 Å². The predicted molar refractivity (Wildman–Crippen MR) is 92.7 cm³/mol. The Bertz CT molecular complexity index is 767. The fourth-order valence-corrected chi connectivity index (χ4v) is 3.24. The monoisotopic (exact) mass is 330 g/mol. The number of ether oxygens (including phenoxy) is 1. The van der Waals surface area contributed by atoms with Crippen LogP contribution in [0.3, 0.4) is 0 Å². The lowest BCUT2D eigenvalue weighted by Gasteiger charge is -2.34. The van der Waals surface area contributed by atoms with E-state index in [0.29, 0.717) is 17.8 Å². The summed E-state index contributed by atoms with van der Waals surface area (Å²) in [4.78, 5) is 4.64. The Hall–Kier alpha value is -1.56. The summed E-state index contributed by atoms with van der Waals surface area (Å²) in [5.41, 5.74) is 2.86. The molecule has 0 amide bonds. The third-order valence-corrected chi connectivity index (χ3v) is 4.41. The first kappa shape index (κ1) is 16.3. The van der Waals surface area contributed by atoms with E-state index in [9.17, 15) is 5.11 Å². The zero-order valence-electron chi connectivity index (χ0n) is 13.7. The molecule has 0 saturated carbocycles. The van der Waals surface area contributed by atoms with E-state index in [-0.39, 0.29) is 5.60 Å². The van der Waals surface area contributed by atoms with Crippen molar-refractivity contribution >= 4 is 12.2 Å². The van der Waals surface area contributed by atoms with Gasteiger partial charge in [-0.05, 0) is 20.8 Å². The van der Waals surface area contributed by atoms with E-state index in [1.54, 1.807) is 6.92 Å². The van der Waals surface area contributed by atoms with E-state index in [0.717, 1.165) is 29.1 Å². The molecular formula is C18H22N2O2S. The number of aliphatic hydroxyl groups excluding tert-OH is 1. The van der Waals surface area contributed by atoms with E-state index in [4.69, 9.17) is 17.0 Å². The van der Waals surface area contributed by atoms with Gasteiger partial charge in [0, 0.05) is 23.2 Å². The molecule has 3 rings (SSSR count). The molecule has 0 radical (unpaired) electrons. The number of rotatable bonds is 3. The number of fused-ring (bicyclic) bond motifs is 1. The maximum Gasteiger partial charge on any atom is 0.141 e. The SMILES string of the molecule is C[C@@H](O)Cn1c(-c2ccccc2)nc(=S)c2c1CC(C)(C)OC2. The van der Waals surface area contributed by atoms with Gasteiger partial charge in [0.2, 0.25) is 0 Å². The third-order valence-electron chi connectivity index (χ3n) is 4.07. The Morgan fingerprint density at radius 3 is 2.70 bits per heavy atom. The van der Waals surface area contributed by atoms with Crippen molar-refractivity contribution in [2.75, 3.05) is 0 Å². The van der Waals surface area contributed by atoms with Crippen molar-refractivity contribution in [1.82, 2.24) is 9.55 Å². The summed E-state index contributed by atoms with van der Waals surface area (Å²) in [6.07, 6.45) is 0.288. The average molecular weight is 330 g/mol. The van der Waals surface area contributed by atoms with Crippen LogP contribution in [0.1, 0.15) is 32.0 Å². The summed E-state index contributed by atoms with van der Waals surface area (Å²) in [6.45, 7) is 6.91. The molecule has 1 aliphatic heterocycles. The molecule has 0 spiro atoms. The highest BCUT2D eigenvalue weighted by molar-refractivity contribution is 7.71. The van der Waals surface area contributed by atoms with Crippen LogP contribution in [0.5, 0.6) is 0 Å². The first-order valence-corrected chi connectivity index (χ1v) is 8.28. The van der Waals surface area contributed by atoms with Crippen molar-refractivity contribution in [2.24, 2.45) is 0 Å². The number of benzene rings is 1. The minimum Gasteiger partial charge on any atom is -0.392 e. The van der Waals surface area contributed by atoms with Crippen LogP contribution in [-0.4, -0.2) is 26.4 Å². The Morgan fingerprint density at radius 2 is 2.04 bits per heavy atom. The Morgan fingerprint density at radius 1 is 1.35 bits per heavy atom. The van der Waals surface area contributed by atoms with Crippen molar-refractivity contribution < 1.29 is 9.84 Å². The van der Waals surface area contributed by atoms with Gasteiger partial charge in [0.05, 0.1) is 24.9 Å². The minimum atomic E-state index is -0.463. The zero-order valence-corrected chi connectivity index (χ0v) is 14.6. The fourth-order valence-electron chi connectivity index (χ4n) is 2.98. The van der Waals surface area contributed by atoms with Crippen molar-refractivity contribution in [2.45, 2.75) is 52.0 Å². The van der Waals surface area contributed by atoms with Crippen molar-refractivity contribution in [3.63, 3.8) is 0 Å². The smallest absolute Gasteiger partial charge is 0.141 e. The first-order chi connectivity index (χ1) is 10.9. The van der Waals surface area contributed by atoms with Gasteiger partial charge in [-0.2, -0.15) is 0 Å². The van der Waals surface area contributed by atoms with E-state index in [2.05, 4.69) is 23.4 Å². The topological polar surface area (TPSA) is 47.3 Å². The van der Waals surface area contributed by atoms with E-state index in [1.807, 2.05) is 30.3 Å². The molecule has 2 heterocycles. The van der Waals surface area contributed by atoms with Gasteiger partial charge in [-0.25, -0.2) is 4.98 Å². The van der Waals surface area contributed by atoms with Crippen LogP contribution in [0.4, 0.5) is 0 Å². The van der Waals surface area contributed by atoms with Crippen molar-refractivity contribution in [3.8, 4) is 11.4 Å². The Labute approximate surface area is 141 Å². The van der Waals surface area contributed by atoms with Gasteiger partial charge >= 0.3 is 0 Å². The van der Waals surface area contributed by atoms with Gasteiger partial charge in [-0.1, -0.05) is 42.5 Å². The molecule has 1 aromatic carbocycles. The predicted octanol–water partition coefficient (Wildman–Crippen LogP) is 3.51. The number of aliphatic hydroxyl groups is 1. The summed E-state index contributed by atoms with van der Waals surface area (Å²) in [7, 11) is 0. The number of hydrogen-bond acceptors (Lipinski definition) is 4. The second kappa shape index (κ2) is 6.15. The molecule has 1 aliphatic rings. The average Bonchev–Trinajstić information content (AvgIpc) is 2.49. The molecule has 2 aromatic rings. The van der Waals surface area contributed by atoms with Crippen LogP contribution in [-0.2, 0) is 24.3 Å². The quantitative estimate of drug-likeness (QED) is 0.875. The number of nitrogens with zero attached hydrogens (tertiary/aromatic N) is 2. The molecule has 0 fully saturated rings. The lowest BCUT2D eigenvalue weighted by molar-refractivity contribution is -0.0432. The highest BCUT2D eigenvalue weighted by Crippen LogP contribution is 2.31. The van der Waals surface area contributed by atoms with Crippen LogP contribution in [0.2, 0.25) is 0 Å². The van der Waals surface area contributed by atoms with Crippen LogP contribution < -0.4 is 0 Å². The highest BCUT2D eigenvalue weighted by Gasteiger charge is 2.30. The van der Waals surface area contributed by atoms with Crippen molar-refractivity contribution in [1.29, 1.82) is 0 Å². The molecule has 0 aliphatic carbocycles. The highest BCUT2D eigenvalue weighted by atomic mass is 32.1. The maximum atomic E-state index is 9.97. The van der Waals surface area contributed by atoms with E-state index < -0.39 is 6.10 Å². The molecule has 1 atom stereocenters. The number of hydrogen-bond donors (Lipinski definition) is 1. The Kier molecular flexibility index (Phi) is 4.36. The van der Waals surface area contributed by atoms with Gasteiger partial charge in [-0.3, -0.25) is 0 Å². The molecule has 0 saturated heterocycles. The standard InChI is InChI=1S/C18H22N2O2S/c1-12(21)10-20-15-9-18(2,3)22-11-14(15)17(23)19-16(20)13-7-5-4-6-8-13/h4-8,12,21H,9-11H2,1-3H3/t12-/m1/s1. The lowest BCUT2D eigenvalue weighted by atomic mass is 9.95. The molecule has 0 bridgehead atoms. The summed E-state index contributed by atoms with van der Waals surface area (Å²) < 4.78 is 8.60. The largest absolute Gasteiger partial charge is 0.392 e. The molecule has 0 unspecified atom stereocenters. The van der Waals surface area contributed by atoms with Crippen LogP contribution >= 0.6 is 12.2 Å². The zero-order chi connectivity index (χ0) is 16.6. The van der Waals surface area contributed by atoms with Crippen LogP contribution in [0.15, 0.2) is 30.3 Å². The second-order valence-electron chi connectivity index (χ2n) is 6.72.